The van der Waals surface area contributed by atoms with Crippen LogP contribution in [0.1, 0.15) is 13.8 Å². The van der Waals surface area contributed by atoms with E-state index in [1.165, 1.54) is 25.2 Å². The third kappa shape index (κ3) is 2.60. The lowest BCUT2D eigenvalue weighted by atomic mass is 10.3. The first kappa shape index (κ1) is 9.27. The molecular weight excluding hydrogens is 150 g/mol. The second kappa shape index (κ2) is 3.28. The van der Waals surface area contributed by atoms with Crippen LogP contribution in [0.4, 0.5) is 0 Å². The van der Waals surface area contributed by atoms with Crippen LogP contribution in [0.15, 0.2) is 0 Å². The summed E-state index contributed by atoms with van der Waals surface area (Å²) in [6.45, 7) is 12.4. The molecule has 0 radical (unpaired) electrons. The van der Waals surface area contributed by atoms with Gasteiger partial charge in [0.1, 0.15) is 0 Å². The van der Waals surface area contributed by atoms with Gasteiger partial charge in [0.2, 0.25) is 0 Å². The normalized spacial score (nSPS) is 25.9. The highest BCUT2D eigenvalue weighted by Crippen LogP contribution is 2.22. The highest BCUT2D eigenvalue weighted by atomic mass is 28.3. The fourth-order valence-electron chi connectivity index (χ4n) is 1.65. The molecule has 0 aromatic carbocycles. The Labute approximate surface area is 71.8 Å². The molecule has 1 nitrogen and oxygen atoms in total. The molecule has 0 saturated carbocycles. The van der Waals surface area contributed by atoms with Crippen molar-refractivity contribution in [1.82, 2.24) is 4.90 Å². The largest absolute Gasteiger partial charge is 0.301 e. The van der Waals surface area contributed by atoms with Crippen LogP contribution in [0.5, 0.6) is 0 Å². The predicted octanol–water partition coefficient (Wildman–Crippen LogP) is 2.42. The van der Waals surface area contributed by atoms with Gasteiger partial charge in [-0.25, -0.2) is 0 Å². The molecule has 0 atom stereocenters. The van der Waals surface area contributed by atoms with E-state index in [2.05, 4.69) is 31.8 Å². The zero-order valence-electron chi connectivity index (χ0n) is 8.35. The van der Waals surface area contributed by atoms with Gasteiger partial charge in [0, 0.05) is 14.1 Å². The van der Waals surface area contributed by atoms with Crippen LogP contribution in [0.25, 0.3) is 0 Å². The van der Waals surface area contributed by atoms with E-state index in [9.17, 15) is 0 Å². The van der Waals surface area contributed by atoms with E-state index in [1.54, 1.807) is 0 Å². The smallest absolute Gasteiger partial charge is 0.0498 e. The lowest BCUT2D eigenvalue weighted by Gasteiger charge is -2.37. The first-order valence-electron chi connectivity index (χ1n) is 4.75. The van der Waals surface area contributed by atoms with Gasteiger partial charge in [0.05, 0.1) is 0 Å². The van der Waals surface area contributed by atoms with Crippen LogP contribution in [0.3, 0.4) is 0 Å². The van der Waals surface area contributed by atoms with Crippen LogP contribution in [-0.4, -0.2) is 32.1 Å². The summed E-state index contributed by atoms with van der Waals surface area (Å²) < 4.78 is 0. The molecule has 0 aliphatic carbocycles. The maximum absolute atomic E-state index is 2.61. The van der Waals surface area contributed by atoms with Crippen molar-refractivity contribution < 1.29 is 0 Å². The minimum atomic E-state index is -0.720. The van der Waals surface area contributed by atoms with Gasteiger partial charge < -0.3 is 4.90 Å². The molecule has 66 valence electrons. The van der Waals surface area contributed by atoms with E-state index in [0.29, 0.717) is 0 Å². The molecule has 1 saturated heterocycles. The molecule has 0 spiro atoms. The van der Waals surface area contributed by atoms with Crippen molar-refractivity contribution in [3.63, 3.8) is 0 Å². The Balaban J connectivity index is 2.36. The monoisotopic (exact) mass is 171 g/mol. The van der Waals surface area contributed by atoms with Gasteiger partial charge in [-0.1, -0.05) is 13.1 Å². The Morgan fingerprint density at radius 1 is 1.09 bits per heavy atom. The Kier molecular flexibility index (Phi) is 2.76. The molecular formula is C9H21NSi. The van der Waals surface area contributed by atoms with Gasteiger partial charge in [0.25, 0.3) is 0 Å². The molecule has 0 unspecified atom stereocenters. The van der Waals surface area contributed by atoms with Crippen molar-refractivity contribution in [2.45, 2.75) is 45.1 Å². The van der Waals surface area contributed by atoms with E-state index < -0.39 is 8.07 Å². The Morgan fingerprint density at radius 2 is 1.55 bits per heavy atom. The SMILES string of the molecule is CC(C)N1CC[Si](C)(C)CC1. The second-order valence-electron chi connectivity index (χ2n) is 4.79. The first-order chi connectivity index (χ1) is 5.01. The van der Waals surface area contributed by atoms with E-state index in [1.807, 2.05) is 0 Å². The summed E-state index contributed by atoms with van der Waals surface area (Å²) in [5, 5.41) is 0. The van der Waals surface area contributed by atoms with Gasteiger partial charge in [0.15, 0.2) is 0 Å². The Bertz CT molecular complexity index is 122. The van der Waals surface area contributed by atoms with Gasteiger partial charge >= 0.3 is 0 Å². The number of nitrogens with zero attached hydrogens (tertiary/aromatic N) is 1. The third-order valence-electron chi connectivity index (χ3n) is 2.88. The van der Waals surface area contributed by atoms with Crippen molar-refractivity contribution >= 4 is 8.07 Å². The first-order valence-corrected chi connectivity index (χ1v) is 8.17. The zero-order chi connectivity index (χ0) is 8.48. The molecule has 11 heavy (non-hydrogen) atoms. The number of hydrogen-bond acceptors (Lipinski definition) is 1. The zero-order valence-corrected chi connectivity index (χ0v) is 9.35. The summed E-state index contributed by atoms with van der Waals surface area (Å²) in [4.78, 5) is 2.61. The molecule has 2 heteroatoms. The molecule has 1 fully saturated rings. The van der Waals surface area contributed by atoms with Gasteiger partial charge in [-0.15, -0.1) is 0 Å². The molecule has 1 heterocycles. The van der Waals surface area contributed by atoms with Gasteiger partial charge in [-0.05, 0) is 39.0 Å². The molecule has 0 N–H and O–H groups in total. The lowest BCUT2D eigenvalue weighted by Crippen LogP contribution is -2.45. The van der Waals surface area contributed by atoms with Gasteiger partial charge in [-0.2, -0.15) is 0 Å². The average molecular weight is 171 g/mol. The van der Waals surface area contributed by atoms with E-state index in [-0.39, 0.29) is 0 Å². The Hall–Kier alpha value is 0.177. The fraction of sp³-hybridized carbons (Fsp3) is 1.00. The fourth-order valence-corrected chi connectivity index (χ4v) is 3.68. The predicted molar refractivity (Wildman–Crippen MR) is 53.8 cm³/mol. The number of hydrogen-bond donors (Lipinski definition) is 0. The summed E-state index contributed by atoms with van der Waals surface area (Å²) in [7, 11) is -0.720. The van der Waals surface area contributed by atoms with Crippen LogP contribution in [0.2, 0.25) is 25.2 Å². The topological polar surface area (TPSA) is 3.24 Å². The molecule has 0 amide bonds. The summed E-state index contributed by atoms with van der Waals surface area (Å²) >= 11 is 0. The minimum absolute atomic E-state index is 0.720. The van der Waals surface area contributed by atoms with Crippen LogP contribution >= 0.6 is 0 Å². The molecule has 1 rings (SSSR count). The molecule has 1 aliphatic heterocycles. The summed E-state index contributed by atoms with van der Waals surface area (Å²) in [6, 6.07) is 3.77. The van der Waals surface area contributed by atoms with Crippen molar-refractivity contribution in [3.05, 3.63) is 0 Å². The standard InChI is InChI=1S/C9H21NSi/c1-9(2)10-5-7-11(3,4)8-6-10/h9H,5-8H2,1-4H3. The maximum atomic E-state index is 2.61. The number of rotatable bonds is 1. The van der Waals surface area contributed by atoms with E-state index in [0.717, 1.165) is 6.04 Å². The Morgan fingerprint density at radius 3 is 1.91 bits per heavy atom. The quantitative estimate of drug-likeness (QED) is 0.548. The highest BCUT2D eigenvalue weighted by molar-refractivity contribution is 6.77. The van der Waals surface area contributed by atoms with Crippen molar-refractivity contribution in [3.8, 4) is 0 Å². The summed E-state index contributed by atoms with van der Waals surface area (Å²) in [5.41, 5.74) is 0. The highest BCUT2D eigenvalue weighted by Gasteiger charge is 2.27. The van der Waals surface area contributed by atoms with Crippen LogP contribution in [0, 0.1) is 0 Å². The average Bonchev–Trinajstić information content (AvgIpc) is 1.86. The minimum Gasteiger partial charge on any atom is -0.301 e. The third-order valence-corrected chi connectivity index (χ3v) is 6.04. The van der Waals surface area contributed by atoms with E-state index >= 15 is 0 Å². The molecule has 0 aromatic rings. The molecule has 1 aliphatic rings. The van der Waals surface area contributed by atoms with Crippen molar-refractivity contribution in [2.24, 2.45) is 0 Å². The second-order valence-corrected chi connectivity index (χ2v) is 10.1. The van der Waals surface area contributed by atoms with Gasteiger partial charge in [-0.3, -0.25) is 0 Å². The molecule has 0 bridgehead atoms. The summed E-state index contributed by atoms with van der Waals surface area (Å²) in [6.07, 6.45) is 0. The van der Waals surface area contributed by atoms with Crippen LogP contribution in [-0.2, 0) is 0 Å². The van der Waals surface area contributed by atoms with Crippen molar-refractivity contribution in [2.75, 3.05) is 13.1 Å². The van der Waals surface area contributed by atoms with Crippen LogP contribution < -0.4 is 0 Å². The summed E-state index contributed by atoms with van der Waals surface area (Å²) in [5.74, 6) is 0. The lowest BCUT2D eigenvalue weighted by molar-refractivity contribution is 0.235. The van der Waals surface area contributed by atoms with E-state index in [4.69, 9.17) is 0 Å². The van der Waals surface area contributed by atoms with Crippen molar-refractivity contribution in [1.29, 1.82) is 0 Å². The molecule has 0 aromatic heterocycles. The maximum Gasteiger partial charge on any atom is 0.0498 e.